The molecular weight excluding hydrogens is 258 g/mol. The fourth-order valence-corrected chi connectivity index (χ4v) is 3.97. The summed E-state index contributed by atoms with van der Waals surface area (Å²) in [7, 11) is 1.79. The molecule has 1 saturated carbocycles. The van der Waals surface area contributed by atoms with Gasteiger partial charge in [0.15, 0.2) is 0 Å². The van der Waals surface area contributed by atoms with Crippen LogP contribution in [0.2, 0.25) is 0 Å². The van der Waals surface area contributed by atoms with Gasteiger partial charge in [-0.3, -0.25) is 0 Å². The van der Waals surface area contributed by atoms with Gasteiger partial charge in [0.25, 0.3) is 0 Å². The van der Waals surface area contributed by atoms with Gasteiger partial charge in [0.05, 0.1) is 7.11 Å². The lowest BCUT2D eigenvalue weighted by Gasteiger charge is -2.38. The lowest BCUT2D eigenvalue weighted by Crippen LogP contribution is -2.34. The molecule has 1 aromatic rings. The second-order valence-corrected chi connectivity index (χ2v) is 6.40. The molecule has 0 bridgehead atoms. The van der Waals surface area contributed by atoms with Crippen LogP contribution in [-0.2, 0) is 0 Å². The molecule has 0 radical (unpaired) electrons. The van der Waals surface area contributed by atoms with E-state index in [0.717, 1.165) is 24.1 Å². The first-order chi connectivity index (χ1) is 10.2. The predicted molar refractivity (Wildman–Crippen MR) is 89.9 cm³/mol. The highest BCUT2D eigenvalue weighted by atomic mass is 16.5. The lowest BCUT2D eigenvalue weighted by molar-refractivity contribution is 0.174. The molecule has 1 fully saturated rings. The van der Waals surface area contributed by atoms with Crippen molar-refractivity contribution in [3.8, 4) is 5.75 Å². The standard InChI is InChI=1S/C19H31NO/c1-5-15-9-7-8-10-16(15)19(20-6-2)17-12-11-14(3)13-18(17)21-4/h11-13,15-16,19-20H,5-10H2,1-4H3. The minimum absolute atomic E-state index is 0.427. The van der Waals surface area contributed by atoms with Gasteiger partial charge in [-0.15, -0.1) is 0 Å². The monoisotopic (exact) mass is 289 g/mol. The van der Waals surface area contributed by atoms with Crippen molar-refractivity contribution < 1.29 is 4.74 Å². The molecule has 3 atom stereocenters. The van der Waals surface area contributed by atoms with Crippen LogP contribution in [0.4, 0.5) is 0 Å². The third kappa shape index (κ3) is 3.79. The Balaban J connectivity index is 2.33. The second kappa shape index (κ2) is 7.84. The van der Waals surface area contributed by atoms with Crippen LogP contribution in [0.25, 0.3) is 0 Å². The number of nitrogens with one attached hydrogen (secondary N) is 1. The molecule has 2 nitrogen and oxygen atoms in total. The molecule has 0 amide bonds. The fourth-order valence-electron chi connectivity index (χ4n) is 3.97. The van der Waals surface area contributed by atoms with E-state index in [1.54, 1.807) is 7.11 Å². The van der Waals surface area contributed by atoms with Crippen LogP contribution in [0.1, 0.15) is 63.1 Å². The van der Waals surface area contributed by atoms with Gasteiger partial charge in [0, 0.05) is 11.6 Å². The molecule has 1 aromatic carbocycles. The summed E-state index contributed by atoms with van der Waals surface area (Å²) in [4.78, 5) is 0. The summed E-state index contributed by atoms with van der Waals surface area (Å²) in [5, 5.41) is 3.75. The van der Waals surface area contributed by atoms with Gasteiger partial charge in [0.2, 0.25) is 0 Å². The van der Waals surface area contributed by atoms with Gasteiger partial charge in [-0.05, 0) is 43.4 Å². The third-order valence-corrected chi connectivity index (χ3v) is 5.07. The Kier molecular flexibility index (Phi) is 6.10. The minimum atomic E-state index is 0.427. The maximum Gasteiger partial charge on any atom is 0.123 e. The van der Waals surface area contributed by atoms with Crippen molar-refractivity contribution in [2.45, 2.75) is 58.9 Å². The SMILES string of the molecule is CCNC(c1ccc(C)cc1OC)C1CCCCC1CC. The number of aryl methyl sites for hydroxylation is 1. The van der Waals surface area contributed by atoms with Crippen LogP contribution in [0.3, 0.4) is 0 Å². The fraction of sp³-hybridized carbons (Fsp3) is 0.684. The number of methoxy groups -OCH3 is 1. The van der Waals surface area contributed by atoms with E-state index in [-0.39, 0.29) is 0 Å². The molecule has 0 aromatic heterocycles. The Morgan fingerprint density at radius 2 is 2.00 bits per heavy atom. The van der Waals surface area contributed by atoms with E-state index >= 15 is 0 Å². The van der Waals surface area contributed by atoms with Gasteiger partial charge >= 0.3 is 0 Å². The number of benzene rings is 1. The van der Waals surface area contributed by atoms with E-state index in [9.17, 15) is 0 Å². The summed E-state index contributed by atoms with van der Waals surface area (Å²) in [6.07, 6.45) is 6.79. The summed E-state index contributed by atoms with van der Waals surface area (Å²) in [5.74, 6) is 2.62. The summed E-state index contributed by atoms with van der Waals surface area (Å²) < 4.78 is 5.67. The van der Waals surface area contributed by atoms with E-state index in [0.29, 0.717) is 6.04 Å². The molecule has 2 heteroatoms. The highest BCUT2D eigenvalue weighted by molar-refractivity contribution is 5.39. The third-order valence-electron chi connectivity index (χ3n) is 5.07. The molecule has 1 N–H and O–H groups in total. The zero-order valence-corrected chi connectivity index (χ0v) is 14.1. The molecule has 0 spiro atoms. The Labute approximate surface area is 130 Å². The normalized spacial score (nSPS) is 23.8. The summed E-state index contributed by atoms with van der Waals surface area (Å²) in [5.41, 5.74) is 2.61. The van der Waals surface area contributed by atoms with Crippen molar-refractivity contribution in [3.05, 3.63) is 29.3 Å². The average molecular weight is 289 g/mol. The molecule has 1 aliphatic rings. The van der Waals surface area contributed by atoms with Crippen LogP contribution in [0.5, 0.6) is 5.75 Å². The molecule has 0 aliphatic heterocycles. The maximum absolute atomic E-state index is 5.67. The van der Waals surface area contributed by atoms with Gasteiger partial charge in [-0.25, -0.2) is 0 Å². The Morgan fingerprint density at radius 3 is 2.67 bits per heavy atom. The highest BCUT2D eigenvalue weighted by Gasteiger charge is 2.32. The molecule has 2 rings (SSSR count). The van der Waals surface area contributed by atoms with Crippen molar-refractivity contribution in [1.29, 1.82) is 0 Å². The zero-order valence-electron chi connectivity index (χ0n) is 14.1. The van der Waals surface area contributed by atoms with E-state index in [4.69, 9.17) is 4.74 Å². The average Bonchev–Trinajstić information content (AvgIpc) is 2.53. The summed E-state index contributed by atoms with van der Waals surface area (Å²) in [6, 6.07) is 7.08. The molecule has 0 heterocycles. The van der Waals surface area contributed by atoms with Crippen LogP contribution in [-0.4, -0.2) is 13.7 Å². The Bertz CT molecular complexity index is 443. The first-order valence-corrected chi connectivity index (χ1v) is 8.59. The van der Waals surface area contributed by atoms with E-state index < -0.39 is 0 Å². The summed E-state index contributed by atoms with van der Waals surface area (Å²) >= 11 is 0. The first-order valence-electron chi connectivity index (χ1n) is 8.59. The van der Waals surface area contributed by atoms with Crippen molar-refractivity contribution in [2.24, 2.45) is 11.8 Å². The van der Waals surface area contributed by atoms with Crippen LogP contribution in [0, 0.1) is 18.8 Å². The van der Waals surface area contributed by atoms with Crippen LogP contribution in [0.15, 0.2) is 18.2 Å². The van der Waals surface area contributed by atoms with Crippen LogP contribution < -0.4 is 10.1 Å². The van der Waals surface area contributed by atoms with E-state index in [1.807, 2.05) is 0 Å². The number of hydrogen-bond acceptors (Lipinski definition) is 2. The Hall–Kier alpha value is -1.02. The van der Waals surface area contributed by atoms with Crippen molar-refractivity contribution in [3.63, 3.8) is 0 Å². The molecule has 3 unspecified atom stereocenters. The van der Waals surface area contributed by atoms with Crippen molar-refractivity contribution in [2.75, 3.05) is 13.7 Å². The predicted octanol–water partition coefficient (Wildman–Crippen LogP) is 4.87. The number of rotatable bonds is 6. The Morgan fingerprint density at radius 1 is 1.24 bits per heavy atom. The largest absolute Gasteiger partial charge is 0.496 e. The van der Waals surface area contributed by atoms with E-state index in [2.05, 4.69) is 44.3 Å². The minimum Gasteiger partial charge on any atom is -0.496 e. The molecule has 118 valence electrons. The number of ether oxygens (including phenoxy) is 1. The molecular formula is C19H31NO. The van der Waals surface area contributed by atoms with Crippen molar-refractivity contribution in [1.82, 2.24) is 5.32 Å². The van der Waals surface area contributed by atoms with Gasteiger partial charge < -0.3 is 10.1 Å². The van der Waals surface area contributed by atoms with E-state index in [1.165, 1.54) is 43.2 Å². The van der Waals surface area contributed by atoms with Crippen molar-refractivity contribution >= 4 is 0 Å². The topological polar surface area (TPSA) is 21.3 Å². The van der Waals surface area contributed by atoms with Gasteiger partial charge in [-0.1, -0.05) is 51.7 Å². The second-order valence-electron chi connectivity index (χ2n) is 6.40. The summed E-state index contributed by atoms with van der Waals surface area (Å²) in [6.45, 7) is 7.69. The van der Waals surface area contributed by atoms with Gasteiger partial charge in [-0.2, -0.15) is 0 Å². The molecule has 21 heavy (non-hydrogen) atoms. The molecule has 0 saturated heterocycles. The first kappa shape index (κ1) is 16.4. The van der Waals surface area contributed by atoms with Gasteiger partial charge in [0.1, 0.15) is 5.75 Å². The quantitative estimate of drug-likeness (QED) is 0.806. The number of hydrogen-bond donors (Lipinski definition) is 1. The molecule has 1 aliphatic carbocycles. The lowest BCUT2D eigenvalue weighted by atomic mass is 9.72. The smallest absolute Gasteiger partial charge is 0.123 e. The van der Waals surface area contributed by atoms with Crippen LogP contribution >= 0.6 is 0 Å². The maximum atomic E-state index is 5.67. The highest BCUT2D eigenvalue weighted by Crippen LogP contribution is 2.42. The zero-order chi connectivity index (χ0) is 15.2.